The first kappa shape index (κ1) is 38.3. The first-order chi connectivity index (χ1) is 22.5. The highest BCUT2D eigenvalue weighted by Crippen LogP contribution is 2.22. The molecule has 2 heterocycles. The lowest BCUT2D eigenvalue weighted by Gasteiger charge is -2.30. The van der Waals surface area contributed by atoms with Crippen LogP contribution >= 0.6 is 0 Å². The number of rotatable bonds is 13. The molecule has 1 aromatic carbocycles. The van der Waals surface area contributed by atoms with Gasteiger partial charge in [-0.15, -0.1) is 0 Å². The molecular weight excluding hydrogens is 631 g/mol. The van der Waals surface area contributed by atoms with Crippen LogP contribution in [0.3, 0.4) is 0 Å². The van der Waals surface area contributed by atoms with Crippen molar-refractivity contribution in [2.75, 3.05) is 13.1 Å². The molecule has 48 heavy (non-hydrogen) atoms. The summed E-state index contributed by atoms with van der Waals surface area (Å²) < 4.78 is 42.1. The lowest BCUT2D eigenvalue weighted by atomic mass is 10.0. The summed E-state index contributed by atoms with van der Waals surface area (Å²) in [6, 6.07) is -2.53. The maximum absolute atomic E-state index is 14.6. The Morgan fingerprint density at radius 3 is 2.12 bits per heavy atom. The van der Waals surface area contributed by atoms with Gasteiger partial charge in [-0.1, -0.05) is 27.7 Å². The molecule has 0 spiro atoms. The molecule has 0 saturated carbocycles. The van der Waals surface area contributed by atoms with Crippen LogP contribution in [0.15, 0.2) is 12.1 Å². The van der Waals surface area contributed by atoms with Gasteiger partial charge in [0.05, 0.1) is 12.1 Å². The van der Waals surface area contributed by atoms with Crippen LogP contribution in [0.4, 0.5) is 13.2 Å². The summed E-state index contributed by atoms with van der Waals surface area (Å²) in [6.45, 7) is 9.08. The molecule has 2 saturated heterocycles. The van der Waals surface area contributed by atoms with E-state index in [1.54, 1.807) is 13.8 Å². The molecule has 0 radical (unpaired) electrons. The monoisotopic (exact) mass is 677 g/mol. The Hall–Kier alpha value is -4.19. The minimum Gasteiger partial charge on any atom is -0.351 e. The van der Waals surface area contributed by atoms with Crippen LogP contribution in [0.25, 0.3) is 0 Å². The molecule has 15 heteroatoms. The first-order valence-electron chi connectivity index (χ1n) is 16.3. The van der Waals surface area contributed by atoms with E-state index in [-0.39, 0.29) is 30.2 Å². The number of likely N-dealkylation sites (tertiary alicyclic amines) is 2. The summed E-state index contributed by atoms with van der Waals surface area (Å²) in [5, 5.41) is 17.3. The van der Waals surface area contributed by atoms with Crippen molar-refractivity contribution in [3.05, 3.63) is 35.1 Å². The van der Waals surface area contributed by atoms with Gasteiger partial charge in [-0.2, -0.15) is 5.26 Å². The molecule has 0 aromatic heterocycles. The van der Waals surface area contributed by atoms with Gasteiger partial charge in [0.1, 0.15) is 30.0 Å². The normalized spacial score (nSPS) is 20.2. The van der Waals surface area contributed by atoms with E-state index < -0.39 is 83.2 Å². The Balaban J connectivity index is 1.71. The van der Waals surface area contributed by atoms with E-state index in [0.717, 1.165) is 0 Å². The fourth-order valence-corrected chi connectivity index (χ4v) is 5.95. The molecule has 5 unspecified atom stereocenters. The van der Waals surface area contributed by atoms with E-state index >= 15 is 0 Å². The molecule has 5 N–H and O–H groups in total. The van der Waals surface area contributed by atoms with E-state index in [2.05, 4.69) is 22.0 Å². The number of carbonyl (C=O) groups is 5. The fourth-order valence-electron chi connectivity index (χ4n) is 5.95. The van der Waals surface area contributed by atoms with Crippen molar-refractivity contribution in [2.24, 2.45) is 17.6 Å². The maximum atomic E-state index is 14.6. The minimum atomic E-state index is -1.39. The Kier molecular flexibility index (Phi) is 13.4. The second-order valence-electron chi connectivity index (χ2n) is 13.3. The number of hydrogen-bond acceptors (Lipinski definition) is 7. The molecule has 6 atom stereocenters. The average Bonchev–Trinajstić information content (AvgIpc) is 3.71. The molecule has 3 rings (SSSR count). The lowest BCUT2D eigenvalue weighted by molar-refractivity contribution is -0.141. The number of halogens is 3. The van der Waals surface area contributed by atoms with Crippen LogP contribution in [0.2, 0.25) is 0 Å². The quantitative estimate of drug-likeness (QED) is 0.230. The topological polar surface area (TPSA) is 178 Å². The number of carbonyl (C=O) groups excluding carboxylic acids is 5. The molecule has 0 bridgehead atoms. The SMILES string of the molecule is CC(NC(=O)C(NC(=O)C1CCCN1C(=O)C(N)C(C)C)C(C)C)C(=O)N[C@@H](CC(=O)N1CCCC1C#N)Cc1cc(F)c(F)cc1F. The summed E-state index contributed by atoms with van der Waals surface area (Å²) in [6.07, 6.45) is 1.33. The van der Waals surface area contributed by atoms with Crippen LogP contribution in [0.5, 0.6) is 0 Å². The third-order valence-corrected chi connectivity index (χ3v) is 8.89. The lowest BCUT2D eigenvalue weighted by Crippen LogP contribution is -2.59. The third kappa shape index (κ3) is 9.46. The molecule has 0 aliphatic carbocycles. The van der Waals surface area contributed by atoms with Crippen molar-refractivity contribution in [3.63, 3.8) is 0 Å². The van der Waals surface area contributed by atoms with Gasteiger partial charge in [0.25, 0.3) is 0 Å². The third-order valence-electron chi connectivity index (χ3n) is 8.89. The van der Waals surface area contributed by atoms with Gasteiger partial charge in [0, 0.05) is 31.6 Å². The highest BCUT2D eigenvalue weighted by atomic mass is 19.2. The van der Waals surface area contributed by atoms with E-state index in [1.807, 2.05) is 13.8 Å². The van der Waals surface area contributed by atoms with Crippen LogP contribution < -0.4 is 21.7 Å². The molecule has 5 amide bonds. The highest BCUT2D eigenvalue weighted by molar-refractivity contribution is 5.95. The minimum absolute atomic E-state index is 0.132. The van der Waals surface area contributed by atoms with Crippen LogP contribution in [-0.4, -0.2) is 88.7 Å². The zero-order valence-corrected chi connectivity index (χ0v) is 28.0. The summed E-state index contributed by atoms with van der Waals surface area (Å²) in [4.78, 5) is 68.8. The van der Waals surface area contributed by atoms with Gasteiger partial charge >= 0.3 is 0 Å². The Morgan fingerprint density at radius 1 is 0.875 bits per heavy atom. The Bertz CT molecular complexity index is 1420. The van der Waals surface area contributed by atoms with Crippen molar-refractivity contribution in [1.82, 2.24) is 25.8 Å². The smallest absolute Gasteiger partial charge is 0.243 e. The first-order valence-corrected chi connectivity index (χ1v) is 16.3. The van der Waals surface area contributed by atoms with Gasteiger partial charge in [-0.3, -0.25) is 24.0 Å². The molecular formula is C33H46F3N7O5. The van der Waals surface area contributed by atoms with E-state index in [1.165, 1.54) is 16.7 Å². The second kappa shape index (κ2) is 16.8. The van der Waals surface area contributed by atoms with Crippen molar-refractivity contribution in [3.8, 4) is 6.07 Å². The van der Waals surface area contributed by atoms with E-state index in [0.29, 0.717) is 50.9 Å². The molecule has 264 valence electrons. The Morgan fingerprint density at radius 2 is 1.50 bits per heavy atom. The van der Waals surface area contributed by atoms with Crippen molar-refractivity contribution in [2.45, 2.75) is 109 Å². The zero-order valence-electron chi connectivity index (χ0n) is 28.0. The number of nitrogens with two attached hydrogens (primary N) is 1. The number of nitriles is 1. The fraction of sp³-hybridized carbons (Fsp3) is 0.636. The van der Waals surface area contributed by atoms with Gasteiger partial charge in [-0.05, 0) is 62.5 Å². The summed E-state index contributed by atoms with van der Waals surface area (Å²) in [7, 11) is 0. The van der Waals surface area contributed by atoms with E-state index in [9.17, 15) is 42.4 Å². The van der Waals surface area contributed by atoms with Crippen molar-refractivity contribution in [1.29, 1.82) is 5.26 Å². The largest absolute Gasteiger partial charge is 0.351 e. The summed E-state index contributed by atoms with van der Waals surface area (Å²) in [5.41, 5.74) is 5.76. The number of benzene rings is 1. The maximum Gasteiger partial charge on any atom is 0.243 e. The van der Waals surface area contributed by atoms with Gasteiger partial charge < -0.3 is 31.5 Å². The second-order valence-corrected chi connectivity index (χ2v) is 13.3. The number of amides is 5. The molecule has 12 nitrogen and oxygen atoms in total. The molecule has 1 aromatic rings. The van der Waals surface area contributed by atoms with Gasteiger partial charge in [-0.25, -0.2) is 13.2 Å². The van der Waals surface area contributed by atoms with Crippen molar-refractivity contribution >= 4 is 29.5 Å². The predicted octanol–water partition coefficient (Wildman–Crippen LogP) is 1.66. The van der Waals surface area contributed by atoms with Crippen molar-refractivity contribution < 1.29 is 37.1 Å². The standard InChI is InChI=1S/C33H46F3N7O5/c1-17(2)28(38)33(48)43-11-7-9-26(43)31(46)41-29(18(3)4)32(47)39-19(5)30(45)40-21(12-20-13-24(35)25(36)15-23(20)34)14-27(44)42-10-6-8-22(42)16-37/h13,15,17-19,21-22,26,28-29H,6-12,14,38H2,1-5H3,(H,39,47)(H,40,45)(H,41,46)/t19?,21-,22?,26?,28?,29?/m1/s1. The van der Waals surface area contributed by atoms with E-state index in [4.69, 9.17) is 5.73 Å². The average molecular weight is 678 g/mol. The molecule has 2 aliphatic rings. The summed E-state index contributed by atoms with van der Waals surface area (Å²) >= 11 is 0. The van der Waals surface area contributed by atoms with Crippen LogP contribution in [0, 0.1) is 40.6 Å². The highest BCUT2D eigenvalue weighted by Gasteiger charge is 2.39. The number of nitrogens with one attached hydrogen (secondary N) is 3. The predicted molar refractivity (Wildman–Crippen MR) is 169 cm³/mol. The molecule has 2 aliphatic heterocycles. The Labute approximate surface area is 278 Å². The van der Waals surface area contributed by atoms with Crippen LogP contribution in [-0.2, 0) is 30.4 Å². The summed E-state index contributed by atoms with van der Waals surface area (Å²) in [5.74, 6) is -7.10. The zero-order chi connectivity index (χ0) is 35.9. The van der Waals surface area contributed by atoms with Gasteiger partial charge in [0.2, 0.25) is 29.5 Å². The van der Waals surface area contributed by atoms with Crippen LogP contribution in [0.1, 0.15) is 72.3 Å². The molecule has 2 fully saturated rings. The number of hydrogen-bond donors (Lipinski definition) is 4. The van der Waals surface area contributed by atoms with Gasteiger partial charge in [0.15, 0.2) is 11.6 Å². The number of nitrogens with zero attached hydrogens (tertiary/aromatic N) is 3.